The van der Waals surface area contributed by atoms with Gasteiger partial charge in [-0.2, -0.15) is 4.31 Å². The van der Waals surface area contributed by atoms with Crippen LogP contribution in [0.2, 0.25) is 0 Å². The Hall–Kier alpha value is -2.53. The molecule has 1 heterocycles. The van der Waals surface area contributed by atoms with Gasteiger partial charge < -0.3 is 5.11 Å². The van der Waals surface area contributed by atoms with Crippen LogP contribution in [0.4, 0.5) is 17.6 Å². The molecule has 0 aliphatic rings. The van der Waals surface area contributed by atoms with Crippen molar-refractivity contribution in [2.24, 2.45) is 0 Å². The third-order valence-electron chi connectivity index (χ3n) is 3.49. The van der Waals surface area contributed by atoms with E-state index in [4.69, 9.17) is 5.11 Å². The molecule has 11 heteroatoms. The average molecular weight is 392 g/mol. The predicted molar refractivity (Wildman–Crippen MR) is 80.5 cm³/mol. The molecule has 2 rings (SSSR count). The van der Waals surface area contributed by atoms with E-state index in [9.17, 15) is 30.8 Å². The Morgan fingerprint density at radius 2 is 1.85 bits per heavy atom. The fourth-order valence-electron chi connectivity index (χ4n) is 2.11. The average Bonchev–Trinajstić information content (AvgIpc) is 2.57. The SMILES string of the molecule is Cc1ccncc1CN(CC(=O)O)S(=O)(=O)c1cc(F)c(F)c(F)c1F. The first-order valence-corrected chi connectivity index (χ1v) is 8.44. The van der Waals surface area contributed by atoms with E-state index >= 15 is 0 Å². The largest absolute Gasteiger partial charge is 0.480 e. The summed E-state index contributed by atoms with van der Waals surface area (Å²) in [5.74, 6) is -10.1. The normalized spacial score (nSPS) is 11.8. The minimum Gasteiger partial charge on any atom is -0.480 e. The van der Waals surface area contributed by atoms with E-state index in [1.807, 2.05) is 0 Å². The summed E-state index contributed by atoms with van der Waals surface area (Å²) in [5.41, 5.74) is 0.850. The highest BCUT2D eigenvalue weighted by Gasteiger charge is 2.33. The van der Waals surface area contributed by atoms with Crippen molar-refractivity contribution in [1.82, 2.24) is 9.29 Å². The number of hydrogen-bond acceptors (Lipinski definition) is 4. The van der Waals surface area contributed by atoms with E-state index in [2.05, 4.69) is 4.98 Å². The van der Waals surface area contributed by atoms with E-state index in [0.717, 1.165) is 0 Å². The number of sulfonamides is 1. The highest BCUT2D eigenvalue weighted by Crippen LogP contribution is 2.26. The third-order valence-corrected chi connectivity index (χ3v) is 5.28. The highest BCUT2D eigenvalue weighted by molar-refractivity contribution is 7.89. The molecule has 0 unspecified atom stereocenters. The molecule has 0 atom stereocenters. The first-order valence-electron chi connectivity index (χ1n) is 7.00. The lowest BCUT2D eigenvalue weighted by molar-refractivity contribution is -0.137. The van der Waals surface area contributed by atoms with Crippen LogP contribution >= 0.6 is 0 Å². The fourth-order valence-corrected chi connectivity index (χ4v) is 3.54. The maximum Gasteiger partial charge on any atom is 0.318 e. The second-order valence-electron chi connectivity index (χ2n) is 5.27. The molecule has 2 aromatic rings. The Labute approximate surface area is 145 Å². The van der Waals surface area contributed by atoms with Gasteiger partial charge in [0.2, 0.25) is 10.0 Å². The van der Waals surface area contributed by atoms with Gasteiger partial charge in [0.1, 0.15) is 11.4 Å². The topological polar surface area (TPSA) is 87.6 Å². The molecule has 1 N–H and O–H groups in total. The Bertz CT molecular complexity index is 966. The molecule has 26 heavy (non-hydrogen) atoms. The van der Waals surface area contributed by atoms with Crippen LogP contribution in [-0.4, -0.2) is 35.3 Å². The van der Waals surface area contributed by atoms with Crippen LogP contribution in [-0.2, 0) is 21.4 Å². The molecule has 0 fully saturated rings. The van der Waals surface area contributed by atoms with Gasteiger partial charge in [0.05, 0.1) is 0 Å². The minimum atomic E-state index is -5.00. The second-order valence-corrected chi connectivity index (χ2v) is 7.17. The highest BCUT2D eigenvalue weighted by atomic mass is 32.2. The molecule has 0 saturated carbocycles. The maximum absolute atomic E-state index is 13.9. The number of rotatable bonds is 6. The lowest BCUT2D eigenvalue weighted by Gasteiger charge is -2.21. The summed E-state index contributed by atoms with van der Waals surface area (Å²) >= 11 is 0. The zero-order valence-corrected chi connectivity index (χ0v) is 14.0. The van der Waals surface area contributed by atoms with Gasteiger partial charge in [-0.1, -0.05) is 0 Å². The monoisotopic (exact) mass is 392 g/mol. The molecule has 0 aliphatic carbocycles. The molecule has 1 aromatic heterocycles. The second kappa shape index (κ2) is 7.38. The Kier molecular flexibility index (Phi) is 5.62. The summed E-state index contributed by atoms with van der Waals surface area (Å²) in [6, 6.07) is 1.49. The number of nitrogens with zero attached hydrogens (tertiary/aromatic N) is 2. The summed E-state index contributed by atoms with van der Waals surface area (Å²) in [7, 11) is -5.00. The van der Waals surface area contributed by atoms with Gasteiger partial charge in [-0.15, -0.1) is 0 Å². The fraction of sp³-hybridized carbons (Fsp3) is 0.200. The number of carboxylic acid groups (broad SMARTS) is 1. The van der Waals surface area contributed by atoms with Gasteiger partial charge in [0.25, 0.3) is 0 Å². The van der Waals surface area contributed by atoms with Gasteiger partial charge in [-0.3, -0.25) is 9.78 Å². The zero-order chi connectivity index (χ0) is 19.6. The van der Waals surface area contributed by atoms with Crippen LogP contribution in [0, 0.1) is 30.2 Å². The Morgan fingerprint density at radius 1 is 1.19 bits per heavy atom. The van der Waals surface area contributed by atoms with Gasteiger partial charge >= 0.3 is 5.97 Å². The molecule has 0 spiro atoms. The maximum atomic E-state index is 13.9. The van der Waals surface area contributed by atoms with Crippen LogP contribution in [0.3, 0.4) is 0 Å². The van der Waals surface area contributed by atoms with E-state index in [1.54, 1.807) is 6.92 Å². The van der Waals surface area contributed by atoms with E-state index in [1.165, 1.54) is 18.5 Å². The molecule has 0 bridgehead atoms. The number of aliphatic carboxylic acids is 1. The molecule has 0 saturated heterocycles. The summed E-state index contributed by atoms with van der Waals surface area (Å²) in [6.07, 6.45) is 2.68. The van der Waals surface area contributed by atoms with E-state index in [-0.39, 0.29) is 6.07 Å². The summed E-state index contributed by atoms with van der Waals surface area (Å²) in [4.78, 5) is 13.3. The third kappa shape index (κ3) is 3.83. The van der Waals surface area contributed by atoms with Crippen molar-refractivity contribution >= 4 is 16.0 Å². The lowest BCUT2D eigenvalue weighted by atomic mass is 10.1. The van der Waals surface area contributed by atoms with Crippen molar-refractivity contribution in [3.63, 3.8) is 0 Å². The van der Waals surface area contributed by atoms with Crippen LogP contribution in [0.1, 0.15) is 11.1 Å². The molecule has 1 aromatic carbocycles. The molecular formula is C15H12F4N2O4S. The minimum absolute atomic E-state index is 0.0337. The van der Waals surface area contributed by atoms with Crippen molar-refractivity contribution in [3.05, 3.63) is 58.9 Å². The van der Waals surface area contributed by atoms with Crippen LogP contribution in [0.15, 0.2) is 29.4 Å². The van der Waals surface area contributed by atoms with Crippen LogP contribution in [0.25, 0.3) is 0 Å². The molecular weight excluding hydrogens is 380 g/mol. The number of carboxylic acids is 1. The number of benzene rings is 1. The standard InChI is InChI=1S/C15H12F4N2O4S/c1-8-2-3-20-5-9(8)6-21(7-12(22)23)26(24,25)11-4-10(16)13(17)15(19)14(11)18/h2-5H,6-7H2,1H3,(H,22,23). The van der Waals surface area contributed by atoms with E-state index < -0.39 is 57.2 Å². The van der Waals surface area contributed by atoms with Crippen molar-refractivity contribution < 1.29 is 35.9 Å². The van der Waals surface area contributed by atoms with Crippen molar-refractivity contribution in [3.8, 4) is 0 Å². The number of hydrogen-bond donors (Lipinski definition) is 1. The van der Waals surface area contributed by atoms with Gasteiger partial charge in [0.15, 0.2) is 23.3 Å². The number of carbonyl (C=O) groups is 1. The number of aromatic nitrogens is 1. The van der Waals surface area contributed by atoms with Gasteiger partial charge in [-0.05, 0) is 24.1 Å². The molecule has 0 amide bonds. The smallest absolute Gasteiger partial charge is 0.318 e. The quantitative estimate of drug-likeness (QED) is 0.463. The van der Waals surface area contributed by atoms with Crippen molar-refractivity contribution in [1.29, 1.82) is 0 Å². The van der Waals surface area contributed by atoms with Crippen LogP contribution < -0.4 is 0 Å². The van der Waals surface area contributed by atoms with E-state index in [0.29, 0.717) is 15.4 Å². The van der Waals surface area contributed by atoms with Gasteiger partial charge in [0, 0.05) is 25.0 Å². The molecule has 6 nitrogen and oxygen atoms in total. The molecule has 0 aliphatic heterocycles. The molecule has 0 radical (unpaired) electrons. The van der Waals surface area contributed by atoms with Crippen LogP contribution in [0.5, 0.6) is 0 Å². The summed E-state index contributed by atoms with van der Waals surface area (Å²) < 4.78 is 79.2. The van der Waals surface area contributed by atoms with Gasteiger partial charge in [-0.25, -0.2) is 26.0 Å². The number of halogens is 4. The summed E-state index contributed by atoms with van der Waals surface area (Å²) in [6.45, 7) is -0.0640. The number of pyridine rings is 1. The first-order chi connectivity index (χ1) is 12.1. The molecule has 140 valence electrons. The predicted octanol–water partition coefficient (Wildman–Crippen LogP) is 2.22. The Morgan fingerprint density at radius 3 is 2.42 bits per heavy atom. The Balaban J connectivity index is 2.57. The first kappa shape index (κ1) is 19.8. The number of aryl methyl sites for hydroxylation is 1. The zero-order valence-electron chi connectivity index (χ0n) is 13.2. The lowest BCUT2D eigenvalue weighted by Crippen LogP contribution is -2.36. The van der Waals surface area contributed by atoms with Crippen molar-refractivity contribution in [2.45, 2.75) is 18.4 Å². The van der Waals surface area contributed by atoms with Crippen molar-refractivity contribution in [2.75, 3.05) is 6.54 Å². The summed E-state index contributed by atoms with van der Waals surface area (Å²) in [5, 5.41) is 8.94.